The van der Waals surface area contributed by atoms with Crippen molar-refractivity contribution in [2.45, 2.75) is 27.2 Å². The predicted molar refractivity (Wildman–Crippen MR) is 115 cm³/mol. The summed E-state index contributed by atoms with van der Waals surface area (Å²) < 4.78 is 6.74. The number of carbonyl (C=O) groups excluding carboxylic acids is 2. The van der Waals surface area contributed by atoms with E-state index in [2.05, 4.69) is 21.2 Å². The maximum absolute atomic E-state index is 13.1. The number of aryl methyl sites for hydroxylation is 2. The van der Waals surface area contributed by atoms with Gasteiger partial charge in [0.05, 0.1) is 0 Å². The molecule has 0 spiro atoms. The van der Waals surface area contributed by atoms with Crippen molar-refractivity contribution in [3.63, 3.8) is 0 Å². The Morgan fingerprint density at radius 3 is 2.61 bits per heavy atom. The van der Waals surface area contributed by atoms with E-state index < -0.39 is 0 Å². The van der Waals surface area contributed by atoms with Crippen LogP contribution in [0.15, 0.2) is 51.4 Å². The maximum atomic E-state index is 13.1. The Morgan fingerprint density at radius 1 is 1.14 bits per heavy atom. The third-order valence-electron chi connectivity index (χ3n) is 4.63. The zero-order valence-electron chi connectivity index (χ0n) is 16.2. The molecular formula is C22H23BrN2O3. The lowest BCUT2D eigenvalue weighted by molar-refractivity contribution is -0.116. The standard InChI is InChI=1S/C22H23BrN2O3/c1-4-11-25(13-20(26)24-18-8-6-5-7-14(18)2)22(27)21-15(3)17-12-16(23)9-10-19(17)28-21/h5-10,12H,4,11,13H2,1-3H3,(H,24,26). The average Bonchev–Trinajstić information content (AvgIpc) is 2.99. The third kappa shape index (κ3) is 4.28. The second-order valence-corrected chi connectivity index (χ2v) is 7.70. The summed E-state index contributed by atoms with van der Waals surface area (Å²) in [4.78, 5) is 27.2. The van der Waals surface area contributed by atoms with Crippen LogP contribution < -0.4 is 5.32 Å². The molecule has 146 valence electrons. The molecule has 0 atom stereocenters. The van der Waals surface area contributed by atoms with Crippen molar-refractivity contribution < 1.29 is 14.0 Å². The van der Waals surface area contributed by atoms with Crippen molar-refractivity contribution in [3.05, 3.63) is 63.8 Å². The third-order valence-corrected chi connectivity index (χ3v) is 5.12. The molecule has 3 aromatic rings. The van der Waals surface area contributed by atoms with Crippen molar-refractivity contribution in [3.8, 4) is 0 Å². The number of nitrogens with one attached hydrogen (secondary N) is 1. The van der Waals surface area contributed by atoms with Gasteiger partial charge in [0.25, 0.3) is 5.91 Å². The number of hydrogen-bond donors (Lipinski definition) is 1. The molecule has 0 unspecified atom stereocenters. The second kappa shape index (κ2) is 8.61. The van der Waals surface area contributed by atoms with Gasteiger partial charge in [0.2, 0.25) is 5.91 Å². The van der Waals surface area contributed by atoms with Crippen LogP contribution in [0, 0.1) is 13.8 Å². The first-order valence-electron chi connectivity index (χ1n) is 9.24. The topological polar surface area (TPSA) is 62.6 Å². The van der Waals surface area contributed by atoms with Gasteiger partial charge in [-0.2, -0.15) is 0 Å². The van der Waals surface area contributed by atoms with Crippen molar-refractivity contribution in [2.24, 2.45) is 0 Å². The Balaban J connectivity index is 1.81. The Hall–Kier alpha value is -2.60. The minimum atomic E-state index is -0.272. The molecule has 0 fully saturated rings. The lowest BCUT2D eigenvalue weighted by Gasteiger charge is -2.21. The highest BCUT2D eigenvalue weighted by Gasteiger charge is 2.24. The number of furan rings is 1. The first kappa shape index (κ1) is 20.1. The number of rotatable bonds is 6. The van der Waals surface area contributed by atoms with E-state index in [1.165, 1.54) is 4.90 Å². The van der Waals surface area contributed by atoms with Crippen LogP contribution in [0.4, 0.5) is 5.69 Å². The number of halogens is 1. The number of amides is 2. The summed E-state index contributed by atoms with van der Waals surface area (Å²) in [6.45, 7) is 6.22. The summed E-state index contributed by atoms with van der Waals surface area (Å²) in [5, 5.41) is 3.77. The van der Waals surface area contributed by atoms with Gasteiger partial charge in [-0.3, -0.25) is 9.59 Å². The number of carbonyl (C=O) groups is 2. The molecule has 2 aromatic carbocycles. The first-order valence-corrected chi connectivity index (χ1v) is 10.0. The number of benzene rings is 2. The van der Waals surface area contributed by atoms with Gasteiger partial charge in [0.1, 0.15) is 12.1 Å². The summed E-state index contributed by atoms with van der Waals surface area (Å²) in [6.07, 6.45) is 0.744. The van der Waals surface area contributed by atoms with E-state index in [4.69, 9.17) is 4.42 Å². The molecule has 1 heterocycles. The Labute approximate surface area is 172 Å². The quantitative estimate of drug-likeness (QED) is 0.562. The van der Waals surface area contributed by atoms with Crippen LogP contribution in [0.5, 0.6) is 0 Å². The number of hydrogen-bond acceptors (Lipinski definition) is 3. The van der Waals surface area contributed by atoms with Crippen LogP contribution in [0.1, 0.15) is 35.0 Å². The predicted octanol–water partition coefficient (Wildman–Crippen LogP) is 5.30. The van der Waals surface area contributed by atoms with Crippen LogP contribution in [-0.2, 0) is 4.79 Å². The van der Waals surface area contributed by atoms with Crippen LogP contribution in [-0.4, -0.2) is 29.8 Å². The summed E-state index contributed by atoms with van der Waals surface area (Å²) >= 11 is 3.45. The molecule has 0 bridgehead atoms. The zero-order valence-corrected chi connectivity index (χ0v) is 17.8. The van der Waals surface area contributed by atoms with Gasteiger partial charge < -0.3 is 14.6 Å². The van der Waals surface area contributed by atoms with Gasteiger partial charge in [0.15, 0.2) is 5.76 Å². The van der Waals surface area contributed by atoms with Crippen LogP contribution >= 0.6 is 15.9 Å². The van der Waals surface area contributed by atoms with E-state index in [0.717, 1.165) is 33.1 Å². The number of anilines is 1. The monoisotopic (exact) mass is 442 g/mol. The van der Waals surface area contributed by atoms with Gasteiger partial charge >= 0.3 is 0 Å². The zero-order chi connectivity index (χ0) is 20.3. The molecule has 2 amide bonds. The lowest BCUT2D eigenvalue weighted by Crippen LogP contribution is -2.38. The van der Waals surface area contributed by atoms with Gasteiger partial charge in [-0.15, -0.1) is 0 Å². The van der Waals surface area contributed by atoms with Gasteiger partial charge in [-0.1, -0.05) is 41.1 Å². The van der Waals surface area contributed by atoms with E-state index >= 15 is 0 Å². The molecule has 0 radical (unpaired) electrons. The van der Waals surface area contributed by atoms with E-state index in [1.807, 2.05) is 63.2 Å². The van der Waals surface area contributed by atoms with E-state index in [0.29, 0.717) is 12.1 Å². The Morgan fingerprint density at radius 2 is 1.89 bits per heavy atom. The van der Waals surface area contributed by atoms with Crippen LogP contribution in [0.25, 0.3) is 11.0 Å². The number of fused-ring (bicyclic) bond motifs is 1. The first-order chi connectivity index (χ1) is 13.4. The smallest absolute Gasteiger partial charge is 0.290 e. The van der Waals surface area contributed by atoms with Crippen molar-refractivity contribution >= 4 is 44.4 Å². The highest BCUT2D eigenvalue weighted by Crippen LogP contribution is 2.29. The summed E-state index contributed by atoms with van der Waals surface area (Å²) in [6, 6.07) is 13.2. The fraction of sp³-hybridized carbons (Fsp3) is 0.273. The Bertz CT molecular complexity index is 1030. The molecule has 1 N–H and O–H groups in total. The normalized spacial score (nSPS) is 10.9. The van der Waals surface area contributed by atoms with Crippen LogP contribution in [0.2, 0.25) is 0 Å². The fourth-order valence-corrected chi connectivity index (χ4v) is 3.50. The molecule has 5 nitrogen and oxygen atoms in total. The van der Waals surface area contributed by atoms with E-state index in [1.54, 1.807) is 0 Å². The largest absolute Gasteiger partial charge is 0.451 e. The molecule has 0 saturated heterocycles. The van der Waals surface area contributed by atoms with Gasteiger partial charge in [-0.25, -0.2) is 0 Å². The molecule has 3 rings (SSSR count). The summed E-state index contributed by atoms with van der Waals surface area (Å²) in [5.74, 6) is -0.218. The van der Waals surface area contributed by atoms with Crippen LogP contribution in [0.3, 0.4) is 0 Å². The Kier molecular flexibility index (Phi) is 6.19. The minimum Gasteiger partial charge on any atom is -0.451 e. The van der Waals surface area contributed by atoms with E-state index in [9.17, 15) is 9.59 Å². The highest BCUT2D eigenvalue weighted by molar-refractivity contribution is 9.10. The van der Waals surface area contributed by atoms with E-state index in [-0.39, 0.29) is 24.1 Å². The molecular weight excluding hydrogens is 420 g/mol. The molecule has 0 aliphatic rings. The van der Waals surface area contributed by atoms with Crippen molar-refractivity contribution in [2.75, 3.05) is 18.4 Å². The van der Waals surface area contributed by atoms with Crippen molar-refractivity contribution in [1.29, 1.82) is 0 Å². The molecule has 0 aliphatic carbocycles. The summed E-state index contributed by atoms with van der Waals surface area (Å²) in [7, 11) is 0. The average molecular weight is 443 g/mol. The molecule has 1 aromatic heterocycles. The van der Waals surface area contributed by atoms with Gasteiger partial charge in [-0.05, 0) is 50.1 Å². The molecule has 6 heteroatoms. The number of nitrogens with zero attached hydrogens (tertiary/aromatic N) is 1. The maximum Gasteiger partial charge on any atom is 0.290 e. The summed E-state index contributed by atoms with van der Waals surface area (Å²) in [5.41, 5.74) is 3.16. The molecule has 0 aliphatic heterocycles. The molecule has 0 saturated carbocycles. The minimum absolute atomic E-state index is 0.0266. The molecule has 28 heavy (non-hydrogen) atoms. The number of para-hydroxylation sites is 1. The highest BCUT2D eigenvalue weighted by atomic mass is 79.9. The van der Waals surface area contributed by atoms with Crippen molar-refractivity contribution in [1.82, 2.24) is 4.90 Å². The second-order valence-electron chi connectivity index (χ2n) is 6.79. The van der Waals surface area contributed by atoms with Gasteiger partial charge in [0, 0.05) is 27.7 Å². The lowest BCUT2D eigenvalue weighted by atomic mass is 10.1. The SMILES string of the molecule is CCCN(CC(=O)Nc1ccccc1C)C(=O)c1oc2ccc(Br)cc2c1C. The fourth-order valence-electron chi connectivity index (χ4n) is 3.14.